The van der Waals surface area contributed by atoms with Gasteiger partial charge in [-0.05, 0) is 44.1 Å². The van der Waals surface area contributed by atoms with E-state index in [2.05, 4.69) is 20.3 Å². The zero-order chi connectivity index (χ0) is 21.8. The number of anilines is 1. The Labute approximate surface area is 192 Å². The molecule has 1 saturated carbocycles. The summed E-state index contributed by atoms with van der Waals surface area (Å²) in [5, 5.41) is 4.01. The number of aromatic nitrogens is 3. The topological polar surface area (TPSA) is 103 Å². The molecule has 0 aromatic carbocycles. The molecular formula is C22H27Cl2N5O2. The largest absolute Gasteiger partial charge is 0.381 e. The second-order valence-corrected chi connectivity index (χ2v) is 9.17. The van der Waals surface area contributed by atoms with Crippen molar-refractivity contribution in [2.75, 3.05) is 25.1 Å². The van der Waals surface area contributed by atoms with E-state index in [4.69, 9.17) is 33.7 Å². The molecule has 1 aliphatic carbocycles. The first-order valence-electron chi connectivity index (χ1n) is 10.8. The predicted molar refractivity (Wildman–Crippen MR) is 121 cm³/mol. The van der Waals surface area contributed by atoms with Crippen molar-refractivity contribution in [3.63, 3.8) is 0 Å². The molecule has 4 rings (SSSR count). The number of hydrogen-bond donors (Lipinski definition) is 2. The Morgan fingerprint density at radius 2 is 1.97 bits per heavy atom. The number of ether oxygens (including phenoxy) is 1. The molecule has 2 fully saturated rings. The van der Waals surface area contributed by atoms with E-state index in [1.54, 1.807) is 18.5 Å². The third kappa shape index (κ3) is 5.71. The van der Waals surface area contributed by atoms with Gasteiger partial charge in [-0.15, -0.1) is 0 Å². The fourth-order valence-electron chi connectivity index (χ4n) is 4.22. The van der Waals surface area contributed by atoms with Crippen molar-refractivity contribution >= 4 is 34.8 Å². The van der Waals surface area contributed by atoms with E-state index >= 15 is 0 Å². The molecule has 166 valence electrons. The van der Waals surface area contributed by atoms with Crippen molar-refractivity contribution in [2.24, 2.45) is 17.6 Å². The Balaban J connectivity index is 1.49. The second-order valence-electron chi connectivity index (χ2n) is 8.40. The van der Waals surface area contributed by atoms with Gasteiger partial charge in [-0.1, -0.05) is 23.2 Å². The maximum absolute atomic E-state index is 12.6. The Bertz CT molecular complexity index is 936. The van der Waals surface area contributed by atoms with Gasteiger partial charge in [-0.3, -0.25) is 9.78 Å². The van der Waals surface area contributed by atoms with Gasteiger partial charge >= 0.3 is 0 Å². The Morgan fingerprint density at radius 3 is 2.71 bits per heavy atom. The minimum atomic E-state index is 0.0111. The third-order valence-corrected chi connectivity index (χ3v) is 6.67. The van der Waals surface area contributed by atoms with Crippen LogP contribution < -0.4 is 11.1 Å². The standard InChI is InChI=1S/C22H27Cl2N5O2/c23-18-11-26-16(9-19(30)14-1-2-15(25)7-14)8-17(18)21-22(24)28-12-20(29-21)27-10-13-3-5-31-6-4-13/h8,11-15H,1-7,9-10,25H2,(H,27,29)/t14-,15+/m0/s1. The lowest BCUT2D eigenvalue weighted by atomic mass is 9.97. The van der Waals surface area contributed by atoms with Gasteiger partial charge in [0.2, 0.25) is 0 Å². The van der Waals surface area contributed by atoms with E-state index in [1.165, 1.54) is 0 Å². The van der Waals surface area contributed by atoms with Crippen molar-refractivity contribution in [1.29, 1.82) is 0 Å². The Hall–Kier alpha value is -1.80. The molecule has 2 aromatic rings. The molecule has 0 bridgehead atoms. The molecule has 9 heteroatoms. The van der Waals surface area contributed by atoms with Gasteiger partial charge in [-0.2, -0.15) is 0 Å². The predicted octanol–water partition coefficient (Wildman–Crippen LogP) is 3.92. The lowest BCUT2D eigenvalue weighted by Crippen LogP contribution is -2.23. The van der Waals surface area contributed by atoms with Crippen LogP contribution in [-0.4, -0.2) is 46.5 Å². The average Bonchev–Trinajstić information content (AvgIpc) is 3.22. The van der Waals surface area contributed by atoms with Crippen LogP contribution in [0.5, 0.6) is 0 Å². The van der Waals surface area contributed by atoms with Crippen LogP contribution in [0.15, 0.2) is 18.5 Å². The Morgan fingerprint density at radius 1 is 1.16 bits per heavy atom. The maximum atomic E-state index is 12.6. The number of nitrogens with zero attached hydrogens (tertiary/aromatic N) is 3. The number of nitrogens with one attached hydrogen (secondary N) is 1. The zero-order valence-electron chi connectivity index (χ0n) is 17.3. The number of ketones is 1. The summed E-state index contributed by atoms with van der Waals surface area (Å²) in [6.45, 7) is 2.39. The van der Waals surface area contributed by atoms with Gasteiger partial charge < -0.3 is 15.8 Å². The number of nitrogens with two attached hydrogens (primary N) is 1. The van der Waals surface area contributed by atoms with Crippen LogP contribution in [0.2, 0.25) is 10.2 Å². The monoisotopic (exact) mass is 463 g/mol. The molecule has 1 aliphatic heterocycles. The van der Waals surface area contributed by atoms with Gasteiger partial charge in [0.25, 0.3) is 0 Å². The number of Topliss-reactive ketones (excluding diaryl/α,β-unsaturated/α-hetero) is 1. The molecule has 2 aromatic heterocycles. The molecule has 0 spiro atoms. The van der Waals surface area contributed by atoms with Gasteiger partial charge in [0.15, 0.2) is 5.15 Å². The summed E-state index contributed by atoms with van der Waals surface area (Å²) in [5.74, 6) is 1.35. The summed E-state index contributed by atoms with van der Waals surface area (Å²) in [6.07, 6.45) is 7.95. The van der Waals surface area contributed by atoms with E-state index < -0.39 is 0 Å². The highest BCUT2D eigenvalue weighted by Crippen LogP contribution is 2.32. The highest BCUT2D eigenvalue weighted by Gasteiger charge is 2.28. The van der Waals surface area contributed by atoms with Crippen LogP contribution in [0.25, 0.3) is 11.3 Å². The van der Waals surface area contributed by atoms with Crippen molar-refractivity contribution in [1.82, 2.24) is 15.0 Å². The van der Waals surface area contributed by atoms with E-state index in [0.29, 0.717) is 33.7 Å². The normalized spacial score (nSPS) is 21.9. The number of carbonyl (C=O) groups is 1. The number of pyridine rings is 1. The van der Waals surface area contributed by atoms with Gasteiger partial charge in [0.1, 0.15) is 17.3 Å². The zero-order valence-corrected chi connectivity index (χ0v) is 18.8. The van der Waals surface area contributed by atoms with E-state index in [-0.39, 0.29) is 29.3 Å². The lowest BCUT2D eigenvalue weighted by Gasteiger charge is -2.22. The summed E-state index contributed by atoms with van der Waals surface area (Å²) in [6, 6.07) is 1.90. The summed E-state index contributed by atoms with van der Waals surface area (Å²) < 4.78 is 5.41. The molecule has 0 radical (unpaired) electrons. The molecule has 2 atom stereocenters. The van der Waals surface area contributed by atoms with Gasteiger partial charge in [-0.25, -0.2) is 9.97 Å². The van der Waals surface area contributed by atoms with Crippen LogP contribution >= 0.6 is 23.2 Å². The molecule has 2 aliphatic rings. The molecule has 3 N–H and O–H groups in total. The van der Waals surface area contributed by atoms with Crippen molar-refractivity contribution < 1.29 is 9.53 Å². The first-order valence-corrected chi connectivity index (χ1v) is 11.5. The molecule has 3 heterocycles. The fourth-order valence-corrected chi connectivity index (χ4v) is 4.61. The summed E-state index contributed by atoms with van der Waals surface area (Å²) in [4.78, 5) is 25.9. The van der Waals surface area contributed by atoms with Crippen LogP contribution in [0.3, 0.4) is 0 Å². The van der Waals surface area contributed by atoms with Gasteiger partial charge in [0.05, 0.1) is 11.2 Å². The minimum Gasteiger partial charge on any atom is -0.381 e. The minimum absolute atomic E-state index is 0.0111. The summed E-state index contributed by atoms with van der Waals surface area (Å²) in [5.41, 5.74) is 7.69. The van der Waals surface area contributed by atoms with Gasteiger partial charge in [0, 0.05) is 55.6 Å². The molecule has 7 nitrogen and oxygen atoms in total. The number of halogens is 2. The number of carbonyl (C=O) groups excluding carboxylic acids is 1. The van der Waals surface area contributed by atoms with Crippen LogP contribution in [-0.2, 0) is 16.0 Å². The third-order valence-electron chi connectivity index (χ3n) is 6.09. The van der Waals surface area contributed by atoms with Crippen LogP contribution in [0, 0.1) is 11.8 Å². The number of hydrogen-bond acceptors (Lipinski definition) is 7. The molecular weight excluding hydrogens is 437 g/mol. The first kappa shape index (κ1) is 22.4. The van der Waals surface area contributed by atoms with Crippen LogP contribution in [0.1, 0.15) is 37.8 Å². The highest BCUT2D eigenvalue weighted by molar-refractivity contribution is 6.35. The Kier molecular flexibility index (Phi) is 7.38. The molecule has 1 saturated heterocycles. The van der Waals surface area contributed by atoms with Crippen LogP contribution in [0.4, 0.5) is 5.82 Å². The van der Waals surface area contributed by atoms with E-state index in [1.807, 2.05) is 0 Å². The SMILES string of the molecule is N[C@@H]1CC[C@H](C(=O)Cc2cc(-c3nc(NCC4CCOCC4)cnc3Cl)c(Cl)cn2)C1. The van der Waals surface area contributed by atoms with E-state index in [0.717, 1.165) is 51.9 Å². The maximum Gasteiger partial charge on any atom is 0.155 e. The van der Waals surface area contributed by atoms with Crippen molar-refractivity contribution in [2.45, 2.75) is 44.6 Å². The summed E-state index contributed by atoms with van der Waals surface area (Å²) in [7, 11) is 0. The average molecular weight is 464 g/mol. The summed E-state index contributed by atoms with van der Waals surface area (Å²) >= 11 is 12.8. The second kappa shape index (κ2) is 10.2. The van der Waals surface area contributed by atoms with Crippen molar-refractivity contribution in [3.05, 3.63) is 34.3 Å². The highest BCUT2D eigenvalue weighted by atomic mass is 35.5. The van der Waals surface area contributed by atoms with Crippen molar-refractivity contribution in [3.8, 4) is 11.3 Å². The smallest absolute Gasteiger partial charge is 0.155 e. The molecule has 0 amide bonds. The lowest BCUT2D eigenvalue weighted by molar-refractivity contribution is -0.122. The molecule has 31 heavy (non-hydrogen) atoms. The number of rotatable bonds is 7. The quantitative estimate of drug-likeness (QED) is 0.640. The molecule has 0 unspecified atom stereocenters. The fraction of sp³-hybridized carbons (Fsp3) is 0.545. The van der Waals surface area contributed by atoms with E-state index in [9.17, 15) is 4.79 Å². The first-order chi connectivity index (χ1) is 15.0.